The Morgan fingerprint density at radius 1 is 1.47 bits per heavy atom. The molecule has 108 valence electrons. The minimum atomic E-state index is -3.29. The van der Waals surface area contributed by atoms with Gasteiger partial charge in [-0.15, -0.1) is 0 Å². The van der Waals surface area contributed by atoms with E-state index in [1.165, 1.54) is 4.90 Å². The van der Waals surface area contributed by atoms with Crippen molar-refractivity contribution >= 4 is 37.8 Å². The van der Waals surface area contributed by atoms with E-state index in [1.807, 2.05) is 0 Å². The summed E-state index contributed by atoms with van der Waals surface area (Å²) in [5, 5.41) is 11.3. The molecule has 1 unspecified atom stereocenters. The number of carbonyl (C=O) groups is 2. The number of halogens is 1. The van der Waals surface area contributed by atoms with Crippen LogP contribution in [0.25, 0.3) is 0 Å². The lowest BCUT2D eigenvalue weighted by molar-refractivity contribution is -0.138. The maximum absolute atomic E-state index is 11.9. The van der Waals surface area contributed by atoms with Gasteiger partial charge >= 0.3 is 12.0 Å². The molecular formula is C10H15BrN2O5S. The zero-order valence-electron chi connectivity index (χ0n) is 10.1. The van der Waals surface area contributed by atoms with Gasteiger partial charge in [-0.2, -0.15) is 0 Å². The number of hydrogen-bond acceptors (Lipinski definition) is 4. The highest BCUT2D eigenvalue weighted by molar-refractivity contribution is 9.11. The molecule has 1 aliphatic rings. The highest BCUT2D eigenvalue weighted by Gasteiger charge is 2.35. The van der Waals surface area contributed by atoms with Crippen molar-refractivity contribution in [1.82, 2.24) is 10.2 Å². The molecule has 2 amide bonds. The quantitative estimate of drug-likeness (QED) is 0.749. The number of carbonyl (C=O) groups excluding carboxylic acids is 1. The van der Waals surface area contributed by atoms with Crippen molar-refractivity contribution in [3.63, 3.8) is 0 Å². The van der Waals surface area contributed by atoms with Gasteiger partial charge < -0.3 is 15.3 Å². The molecule has 1 fully saturated rings. The van der Waals surface area contributed by atoms with E-state index >= 15 is 0 Å². The zero-order chi connectivity index (χ0) is 14.6. The van der Waals surface area contributed by atoms with Crippen LogP contribution in [0.5, 0.6) is 0 Å². The number of carboxylic acid groups (broad SMARTS) is 1. The van der Waals surface area contributed by atoms with Crippen molar-refractivity contribution in [2.45, 2.75) is 12.5 Å². The Balaban J connectivity index is 2.75. The minimum absolute atomic E-state index is 0.000868. The summed E-state index contributed by atoms with van der Waals surface area (Å²) < 4.78 is 23.6. The third kappa shape index (κ3) is 5.19. The average molecular weight is 355 g/mol. The maximum Gasteiger partial charge on any atom is 0.318 e. The maximum atomic E-state index is 11.9. The molecule has 1 aliphatic heterocycles. The van der Waals surface area contributed by atoms with Crippen LogP contribution in [0.1, 0.15) is 6.42 Å². The van der Waals surface area contributed by atoms with Gasteiger partial charge in [-0.25, -0.2) is 13.2 Å². The number of hydrogen-bond donors (Lipinski definition) is 2. The van der Waals surface area contributed by atoms with Crippen LogP contribution in [0.2, 0.25) is 0 Å². The number of nitrogens with zero attached hydrogens (tertiary/aromatic N) is 1. The van der Waals surface area contributed by atoms with Gasteiger partial charge in [-0.3, -0.25) is 4.79 Å². The summed E-state index contributed by atoms with van der Waals surface area (Å²) in [4.78, 5) is 23.9. The van der Waals surface area contributed by atoms with E-state index in [-0.39, 0.29) is 31.0 Å². The van der Waals surface area contributed by atoms with Crippen LogP contribution in [0.15, 0.2) is 11.1 Å². The first-order valence-corrected chi connectivity index (χ1v) is 8.12. The Morgan fingerprint density at radius 3 is 2.63 bits per heavy atom. The van der Waals surface area contributed by atoms with Crippen LogP contribution in [-0.4, -0.2) is 61.1 Å². The summed E-state index contributed by atoms with van der Waals surface area (Å²) in [6.07, 6.45) is -0.387. The molecule has 0 aromatic carbocycles. The lowest BCUT2D eigenvalue weighted by Gasteiger charge is -2.34. The molecule has 0 saturated carbocycles. The van der Waals surface area contributed by atoms with E-state index in [4.69, 9.17) is 5.11 Å². The van der Waals surface area contributed by atoms with Crippen LogP contribution in [0.3, 0.4) is 0 Å². The number of carboxylic acids is 1. The van der Waals surface area contributed by atoms with Crippen LogP contribution in [0.4, 0.5) is 4.79 Å². The van der Waals surface area contributed by atoms with Crippen molar-refractivity contribution in [1.29, 1.82) is 0 Å². The number of aliphatic carboxylic acids is 1. The summed E-state index contributed by atoms with van der Waals surface area (Å²) in [7, 11) is -3.29. The zero-order valence-corrected chi connectivity index (χ0v) is 12.5. The van der Waals surface area contributed by atoms with Crippen molar-refractivity contribution in [3.8, 4) is 0 Å². The Bertz CT molecular complexity index is 490. The first kappa shape index (κ1) is 16.0. The van der Waals surface area contributed by atoms with Gasteiger partial charge in [-0.1, -0.05) is 22.5 Å². The topological polar surface area (TPSA) is 104 Å². The summed E-state index contributed by atoms with van der Waals surface area (Å²) in [5.41, 5.74) is 0. The molecule has 9 heteroatoms. The van der Waals surface area contributed by atoms with E-state index in [0.29, 0.717) is 4.48 Å². The second-order valence-electron chi connectivity index (χ2n) is 4.24. The largest absolute Gasteiger partial charge is 0.481 e. The summed E-state index contributed by atoms with van der Waals surface area (Å²) in [5.74, 6) is -1.60. The monoisotopic (exact) mass is 354 g/mol. The fraction of sp³-hybridized carbons (Fsp3) is 0.600. The number of amides is 2. The standard InChI is InChI=1S/C10H15BrN2O5S/c1-7(11)5-12-10(16)13-2-3-19(17,18)6-8(13)4-9(14)15/h8H,1-6H2,(H,12,16)(H,14,15). The Labute approximate surface area is 119 Å². The van der Waals surface area contributed by atoms with E-state index in [0.717, 1.165) is 0 Å². The second kappa shape index (κ2) is 6.38. The van der Waals surface area contributed by atoms with Crippen LogP contribution < -0.4 is 5.32 Å². The first-order chi connectivity index (χ1) is 8.71. The molecule has 0 aliphatic carbocycles. The number of sulfone groups is 1. The normalized spacial score (nSPS) is 21.7. The van der Waals surface area contributed by atoms with Gasteiger partial charge in [0.15, 0.2) is 9.84 Å². The predicted octanol–water partition coefficient (Wildman–Crippen LogP) is 0.178. The van der Waals surface area contributed by atoms with Gasteiger partial charge in [0.1, 0.15) is 0 Å². The molecule has 19 heavy (non-hydrogen) atoms. The summed E-state index contributed by atoms with van der Waals surface area (Å²) in [6, 6.07) is -1.32. The van der Waals surface area contributed by atoms with Gasteiger partial charge in [-0.05, 0) is 0 Å². The fourth-order valence-corrected chi connectivity index (χ4v) is 3.46. The Hall–Kier alpha value is -1.09. The predicted molar refractivity (Wildman–Crippen MR) is 72.9 cm³/mol. The van der Waals surface area contributed by atoms with Gasteiger partial charge in [0.2, 0.25) is 0 Å². The highest BCUT2D eigenvalue weighted by Crippen LogP contribution is 2.15. The van der Waals surface area contributed by atoms with Gasteiger partial charge in [0.25, 0.3) is 0 Å². The number of urea groups is 1. The molecule has 1 heterocycles. The number of nitrogens with one attached hydrogen (secondary N) is 1. The second-order valence-corrected chi connectivity index (χ2v) is 7.59. The van der Waals surface area contributed by atoms with Crippen LogP contribution in [-0.2, 0) is 14.6 Å². The molecule has 0 spiro atoms. The molecule has 0 bridgehead atoms. The molecule has 0 aromatic heterocycles. The van der Waals surface area contributed by atoms with Crippen molar-refractivity contribution in [2.75, 3.05) is 24.6 Å². The Kier molecular flexibility index (Phi) is 5.36. The summed E-state index contributed by atoms with van der Waals surface area (Å²) >= 11 is 3.08. The molecule has 0 aromatic rings. The van der Waals surface area contributed by atoms with Gasteiger partial charge in [0, 0.05) is 11.0 Å². The lowest BCUT2D eigenvalue weighted by Crippen LogP contribution is -2.55. The molecule has 2 N–H and O–H groups in total. The van der Waals surface area contributed by atoms with Gasteiger partial charge in [0.05, 0.1) is 30.5 Å². The first-order valence-electron chi connectivity index (χ1n) is 5.51. The molecular weight excluding hydrogens is 340 g/mol. The van der Waals surface area contributed by atoms with Crippen LogP contribution >= 0.6 is 15.9 Å². The fourth-order valence-electron chi connectivity index (χ4n) is 1.80. The van der Waals surface area contributed by atoms with Crippen molar-refractivity contribution in [2.24, 2.45) is 0 Å². The molecule has 1 atom stereocenters. The molecule has 1 saturated heterocycles. The molecule has 0 radical (unpaired) electrons. The van der Waals surface area contributed by atoms with E-state index in [1.54, 1.807) is 0 Å². The molecule has 7 nitrogen and oxygen atoms in total. The Morgan fingerprint density at radius 2 is 2.11 bits per heavy atom. The van der Waals surface area contributed by atoms with E-state index < -0.39 is 27.9 Å². The van der Waals surface area contributed by atoms with E-state index in [9.17, 15) is 18.0 Å². The van der Waals surface area contributed by atoms with Crippen molar-refractivity contribution in [3.05, 3.63) is 11.1 Å². The summed E-state index contributed by atoms with van der Waals surface area (Å²) in [6.45, 7) is 3.75. The van der Waals surface area contributed by atoms with E-state index in [2.05, 4.69) is 27.8 Å². The SMILES string of the molecule is C=C(Br)CNC(=O)N1CCS(=O)(=O)CC1CC(=O)O. The average Bonchev–Trinajstić information content (AvgIpc) is 2.24. The lowest BCUT2D eigenvalue weighted by atomic mass is 10.2. The van der Waals surface area contributed by atoms with Crippen LogP contribution in [0, 0.1) is 0 Å². The highest BCUT2D eigenvalue weighted by atomic mass is 79.9. The molecule has 1 rings (SSSR count). The third-order valence-electron chi connectivity index (χ3n) is 2.63. The minimum Gasteiger partial charge on any atom is -0.481 e. The smallest absolute Gasteiger partial charge is 0.318 e. The third-order valence-corrected chi connectivity index (χ3v) is 4.61. The van der Waals surface area contributed by atoms with Crippen molar-refractivity contribution < 1.29 is 23.1 Å². The number of rotatable bonds is 4.